The third kappa shape index (κ3) is 4.77. The van der Waals surface area contributed by atoms with Crippen molar-refractivity contribution in [2.45, 2.75) is 19.4 Å². The number of esters is 1. The molecule has 0 radical (unpaired) electrons. The highest BCUT2D eigenvalue weighted by molar-refractivity contribution is 6.30. The summed E-state index contributed by atoms with van der Waals surface area (Å²) in [6.45, 7) is 1.34. The molecule has 2 aromatic rings. The summed E-state index contributed by atoms with van der Waals surface area (Å²) in [6, 6.07) is 10.0. The summed E-state index contributed by atoms with van der Waals surface area (Å²) in [4.78, 5) is 42.1. The van der Waals surface area contributed by atoms with Crippen molar-refractivity contribution in [2.24, 2.45) is 0 Å². The summed E-state index contributed by atoms with van der Waals surface area (Å²) < 4.78 is 10.7. The Balaban J connectivity index is 1.62. The van der Waals surface area contributed by atoms with Crippen molar-refractivity contribution < 1.29 is 23.9 Å². The number of halogens is 1. The number of rotatable bonds is 5. The van der Waals surface area contributed by atoms with Crippen LogP contribution in [0.15, 0.2) is 42.6 Å². The van der Waals surface area contributed by atoms with Crippen molar-refractivity contribution >= 4 is 40.9 Å². The van der Waals surface area contributed by atoms with E-state index in [0.717, 1.165) is 0 Å². The Hall–Kier alpha value is -3.13. The average Bonchev–Trinajstić information content (AvgIpc) is 2.83. The first-order valence-electron chi connectivity index (χ1n) is 8.58. The van der Waals surface area contributed by atoms with E-state index < -0.39 is 18.0 Å². The normalized spacial score (nSPS) is 14.4. The fourth-order valence-corrected chi connectivity index (χ4v) is 2.70. The third-order valence-corrected chi connectivity index (χ3v) is 4.20. The highest BCUT2D eigenvalue weighted by Gasteiger charge is 2.27. The van der Waals surface area contributed by atoms with Gasteiger partial charge in [-0.25, -0.2) is 4.98 Å². The molecule has 1 atom stereocenters. The molecular weight excluding hydrogens is 386 g/mol. The van der Waals surface area contributed by atoms with E-state index in [1.54, 1.807) is 30.3 Å². The summed E-state index contributed by atoms with van der Waals surface area (Å²) in [5, 5.41) is 2.96. The van der Waals surface area contributed by atoms with Crippen LogP contribution in [0.1, 0.15) is 13.3 Å². The molecule has 3 rings (SSSR count). The number of benzene rings is 1. The molecule has 1 N–H and O–H groups in total. The van der Waals surface area contributed by atoms with Crippen LogP contribution in [-0.2, 0) is 19.1 Å². The van der Waals surface area contributed by atoms with Gasteiger partial charge in [-0.05, 0) is 31.2 Å². The smallest absolute Gasteiger partial charge is 0.326 e. The zero-order valence-electron chi connectivity index (χ0n) is 15.1. The molecule has 1 aliphatic heterocycles. The van der Waals surface area contributed by atoms with Crippen molar-refractivity contribution in [3.8, 4) is 5.75 Å². The Morgan fingerprint density at radius 3 is 2.86 bits per heavy atom. The number of anilines is 2. The van der Waals surface area contributed by atoms with E-state index in [-0.39, 0.29) is 31.3 Å². The summed E-state index contributed by atoms with van der Waals surface area (Å²) >= 11 is 5.75. The lowest BCUT2D eigenvalue weighted by atomic mass is 10.2. The van der Waals surface area contributed by atoms with Gasteiger partial charge in [0.25, 0.3) is 5.91 Å². The van der Waals surface area contributed by atoms with Crippen molar-refractivity contribution in [3.05, 3.63) is 47.6 Å². The molecule has 0 fully saturated rings. The Morgan fingerprint density at radius 2 is 2.11 bits per heavy atom. The van der Waals surface area contributed by atoms with Gasteiger partial charge in [-0.2, -0.15) is 0 Å². The standard InChI is InChI=1S/C19H18ClN3O5/c1-12(19(26)22-16-7-6-13(20)10-21-16)28-18(25)11-23-14-4-2-3-5-15(14)27-9-8-17(23)24/h2-7,10,12H,8-9,11H2,1H3,(H,21,22,26)/t12-/m1/s1. The summed E-state index contributed by atoms with van der Waals surface area (Å²) in [5.41, 5.74) is 0.490. The van der Waals surface area contributed by atoms with Gasteiger partial charge in [-0.3, -0.25) is 19.3 Å². The number of amides is 2. The number of pyridine rings is 1. The van der Waals surface area contributed by atoms with Crippen LogP contribution in [0.4, 0.5) is 11.5 Å². The lowest BCUT2D eigenvalue weighted by Gasteiger charge is -2.22. The van der Waals surface area contributed by atoms with Crippen LogP contribution in [0.25, 0.3) is 0 Å². The number of para-hydroxylation sites is 2. The zero-order valence-corrected chi connectivity index (χ0v) is 15.8. The van der Waals surface area contributed by atoms with Crippen LogP contribution in [0.5, 0.6) is 5.75 Å². The van der Waals surface area contributed by atoms with Crippen molar-refractivity contribution in [1.82, 2.24) is 4.98 Å². The van der Waals surface area contributed by atoms with Gasteiger partial charge >= 0.3 is 5.97 Å². The molecule has 9 heteroatoms. The first kappa shape index (κ1) is 19.6. The maximum atomic E-state index is 12.3. The van der Waals surface area contributed by atoms with Gasteiger partial charge in [0.15, 0.2) is 6.10 Å². The predicted octanol–water partition coefficient (Wildman–Crippen LogP) is 2.42. The van der Waals surface area contributed by atoms with Crippen molar-refractivity contribution in [3.63, 3.8) is 0 Å². The number of hydrogen-bond donors (Lipinski definition) is 1. The van der Waals surface area contributed by atoms with E-state index in [4.69, 9.17) is 21.1 Å². The maximum absolute atomic E-state index is 12.3. The molecule has 0 aliphatic carbocycles. The van der Waals surface area contributed by atoms with E-state index in [1.807, 2.05) is 0 Å². The fraction of sp³-hybridized carbons (Fsp3) is 0.263. The molecule has 0 saturated carbocycles. The van der Waals surface area contributed by atoms with Gasteiger partial charge in [0.2, 0.25) is 5.91 Å². The number of ether oxygens (including phenoxy) is 2. The van der Waals surface area contributed by atoms with E-state index in [0.29, 0.717) is 16.5 Å². The summed E-state index contributed by atoms with van der Waals surface area (Å²) in [6.07, 6.45) is 0.456. The molecule has 0 spiro atoms. The number of carbonyl (C=O) groups is 3. The van der Waals surface area contributed by atoms with Crippen LogP contribution < -0.4 is 15.0 Å². The quantitative estimate of drug-likeness (QED) is 0.770. The Kier molecular flexibility index (Phi) is 6.10. The highest BCUT2D eigenvalue weighted by Crippen LogP contribution is 2.30. The molecule has 146 valence electrons. The van der Waals surface area contributed by atoms with Crippen LogP contribution in [0.2, 0.25) is 5.02 Å². The zero-order chi connectivity index (χ0) is 20.1. The van der Waals surface area contributed by atoms with Crippen LogP contribution in [0.3, 0.4) is 0 Å². The third-order valence-electron chi connectivity index (χ3n) is 3.97. The number of hydrogen-bond acceptors (Lipinski definition) is 6. The SMILES string of the molecule is C[C@@H](OC(=O)CN1C(=O)CCOc2ccccc21)C(=O)Nc1ccc(Cl)cn1. The maximum Gasteiger partial charge on any atom is 0.326 e. The van der Waals surface area contributed by atoms with E-state index in [1.165, 1.54) is 24.1 Å². The summed E-state index contributed by atoms with van der Waals surface area (Å²) in [5.74, 6) is -0.720. The van der Waals surface area contributed by atoms with Gasteiger partial charge in [0.05, 0.1) is 23.7 Å². The Labute approximate surface area is 166 Å². The largest absolute Gasteiger partial charge is 0.491 e. The van der Waals surface area contributed by atoms with E-state index in [9.17, 15) is 14.4 Å². The second-order valence-corrected chi connectivity index (χ2v) is 6.47. The van der Waals surface area contributed by atoms with Gasteiger partial charge in [-0.1, -0.05) is 23.7 Å². The monoisotopic (exact) mass is 403 g/mol. The molecule has 28 heavy (non-hydrogen) atoms. The second-order valence-electron chi connectivity index (χ2n) is 6.03. The van der Waals surface area contributed by atoms with Gasteiger partial charge in [0.1, 0.15) is 18.1 Å². The molecule has 1 aromatic heterocycles. The van der Waals surface area contributed by atoms with E-state index >= 15 is 0 Å². The van der Waals surface area contributed by atoms with Crippen molar-refractivity contribution in [2.75, 3.05) is 23.4 Å². The minimum atomic E-state index is -1.07. The predicted molar refractivity (Wildman–Crippen MR) is 102 cm³/mol. The number of fused-ring (bicyclic) bond motifs is 1. The average molecular weight is 404 g/mol. The number of nitrogens with zero attached hydrogens (tertiary/aromatic N) is 2. The molecular formula is C19H18ClN3O5. The lowest BCUT2D eigenvalue weighted by molar-refractivity contribution is -0.152. The van der Waals surface area contributed by atoms with Gasteiger partial charge < -0.3 is 14.8 Å². The molecule has 1 aliphatic rings. The molecule has 2 heterocycles. The topological polar surface area (TPSA) is 97.8 Å². The van der Waals surface area contributed by atoms with E-state index in [2.05, 4.69) is 10.3 Å². The van der Waals surface area contributed by atoms with Gasteiger partial charge in [0, 0.05) is 6.20 Å². The highest BCUT2D eigenvalue weighted by atomic mass is 35.5. The van der Waals surface area contributed by atoms with Gasteiger partial charge in [-0.15, -0.1) is 0 Å². The fourth-order valence-electron chi connectivity index (χ4n) is 2.59. The molecule has 1 aromatic carbocycles. The van der Waals surface area contributed by atoms with Crippen LogP contribution >= 0.6 is 11.6 Å². The number of aromatic nitrogens is 1. The lowest BCUT2D eigenvalue weighted by Crippen LogP contribution is -2.39. The minimum absolute atomic E-state index is 0.139. The van der Waals surface area contributed by atoms with Crippen molar-refractivity contribution in [1.29, 1.82) is 0 Å². The number of carbonyl (C=O) groups excluding carboxylic acids is 3. The molecule has 2 amide bonds. The Bertz CT molecular complexity index is 887. The van der Waals surface area contributed by atoms with Crippen LogP contribution in [-0.4, -0.2) is 42.0 Å². The second kappa shape index (κ2) is 8.71. The molecule has 8 nitrogen and oxygen atoms in total. The minimum Gasteiger partial charge on any atom is -0.491 e. The first-order chi connectivity index (χ1) is 13.4. The molecule has 0 unspecified atom stereocenters. The van der Waals surface area contributed by atoms with Crippen LogP contribution in [0, 0.1) is 0 Å². The molecule has 0 bridgehead atoms. The summed E-state index contributed by atoms with van der Waals surface area (Å²) in [7, 11) is 0. The number of nitrogens with one attached hydrogen (secondary N) is 1. The first-order valence-corrected chi connectivity index (χ1v) is 8.96. The molecule has 0 saturated heterocycles. The Morgan fingerprint density at radius 1 is 1.32 bits per heavy atom.